The standard InChI is InChI=1S/C13H19FO6S/c1-12(14,21(17,18)19)11(16)20-13-4-7-2-8(5-13)10(15)9(3-7)6-13/h7-10,15H,2-6H2,1H3,(H,17,18,19). The highest BCUT2D eigenvalue weighted by atomic mass is 32.2. The first kappa shape index (κ1) is 15.2. The van der Waals surface area contributed by atoms with Crippen LogP contribution < -0.4 is 0 Å². The number of rotatable bonds is 3. The van der Waals surface area contributed by atoms with Gasteiger partial charge in [-0.05, 0) is 56.8 Å². The number of aliphatic hydroxyl groups is 1. The predicted molar refractivity (Wildman–Crippen MR) is 69.4 cm³/mol. The van der Waals surface area contributed by atoms with Crippen LogP contribution >= 0.6 is 0 Å². The third-order valence-electron chi connectivity index (χ3n) is 5.33. The highest BCUT2D eigenvalue weighted by Gasteiger charge is 2.59. The summed E-state index contributed by atoms with van der Waals surface area (Å²) in [5.74, 6) is -1.22. The molecule has 3 atom stereocenters. The number of halogens is 1. The normalized spacial score (nSPS) is 44.4. The zero-order valence-corrected chi connectivity index (χ0v) is 12.5. The molecule has 0 spiro atoms. The topological polar surface area (TPSA) is 101 Å². The summed E-state index contributed by atoms with van der Waals surface area (Å²) >= 11 is 0. The van der Waals surface area contributed by atoms with Crippen LogP contribution in [0.25, 0.3) is 0 Å². The molecule has 4 bridgehead atoms. The third kappa shape index (κ3) is 2.27. The van der Waals surface area contributed by atoms with Gasteiger partial charge in [-0.2, -0.15) is 8.42 Å². The maximum Gasteiger partial charge on any atom is 0.362 e. The van der Waals surface area contributed by atoms with Gasteiger partial charge in [0.15, 0.2) is 0 Å². The number of esters is 1. The molecule has 0 radical (unpaired) electrons. The molecule has 8 heteroatoms. The van der Waals surface area contributed by atoms with Crippen molar-refractivity contribution in [2.24, 2.45) is 17.8 Å². The molecule has 2 N–H and O–H groups in total. The highest BCUT2D eigenvalue weighted by Crippen LogP contribution is 2.57. The van der Waals surface area contributed by atoms with Gasteiger partial charge in [0, 0.05) is 0 Å². The summed E-state index contributed by atoms with van der Waals surface area (Å²) in [4.78, 5) is 11.9. The number of carbonyl (C=O) groups excluding carboxylic acids is 1. The molecule has 4 rings (SSSR count). The summed E-state index contributed by atoms with van der Waals surface area (Å²) < 4.78 is 50.0. The minimum Gasteiger partial charge on any atom is -0.456 e. The first-order valence-corrected chi connectivity index (χ1v) is 8.55. The Morgan fingerprint density at radius 1 is 1.29 bits per heavy atom. The Balaban J connectivity index is 1.81. The van der Waals surface area contributed by atoms with Gasteiger partial charge in [0.2, 0.25) is 0 Å². The fourth-order valence-corrected chi connectivity index (χ4v) is 4.69. The van der Waals surface area contributed by atoms with Crippen molar-refractivity contribution in [1.82, 2.24) is 0 Å². The molecule has 4 aliphatic rings. The van der Waals surface area contributed by atoms with Gasteiger partial charge in [-0.25, -0.2) is 9.18 Å². The SMILES string of the molecule is CC(F)(C(=O)OC12CC3CC(C1)C(O)C(C3)C2)S(=O)(=O)O. The van der Waals surface area contributed by atoms with Crippen LogP contribution in [-0.2, 0) is 19.6 Å². The molecule has 0 aromatic heterocycles. The lowest BCUT2D eigenvalue weighted by molar-refractivity contribution is -0.211. The van der Waals surface area contributed by atoms with Crippen molar-refractivity contribution < 1.29 is 32.0 Å². The fourth-order valence-electron chi connectivity index (χ4n) is 4.44. The van der Waals surface area contributed by atoms with Crippen LogP contribution in [0.1, 0.15) is 39.0 Å². The Morgan fingerprint density at radius 2 is 1.81 bits per heavy atom. The van der Waals surface area contributed by atoms with Crippen molar-refractivity contribution in [2.45, 2.75) is 55.7 Å². The lowest BCUT2D eigenvalue weighted by atomic mass is 9.53. The Kier molecular flexibility index (Phi) is 3.17. The van der Waals surface area contributed by atoms with E-state index in [0.29, 0.717) is 32.1 Å². The van der Waals surface area contributed by atoms with E-state index >= 15 is 0 Å². The average Bonchev–Trinajstić information content (AvgIpc) is 2.32. The molecule has 0 heterocycles. The second-order valence-corrected chi connectivity index (χ2v) is 8.64. The monoisotopic (exact) mass is 322 g/mol. The van der Waals surface area contributed by atoms with Crippen LogP contribution in [0.5, 0.6) is 0 Å². The Hall–Kier alpha value is -0.730. The van der Waals surface area contributed by atoms with Gasteiger partial charge in [0.05, 0.1) is 6.10 Å². The molecule has 4 fully saturated rings. The van der Waals surface area contributed by atoms with Crippen LogP contribution in [0, 0.1) is 17.8 Å². The summed E-state index contributed by atoms with van der Waals surface area (Å²) in [5.41, 5.74) is -0.898. The zero-order valence-electron chi connectivity index (χ0n) is 11.7. The largest absolute Gasteiger partial charge is 0.456 e. The molecule has 120 valence electrons. The summed E-state index contributed by atoms with van der Waals surface area (Å²) in [7, 11) is -5.19. The van der Waals surface area contributed by atoms with E-state index in [0.717, 1.165) is 12.8 Å². The summed E-state index contributed by atoms with van der Waals surface area (Å²) in [6.45, 7) is 0.486. The first-order chi connectivity index (χ1) is 9.54. The number of hydrogen-bond donors (Lipinski definition) is 2. The molecule has 6 nitrogen and oxygen atoms in total. The van der Waals surface area contributed by atoms with E-state index in [1.165, 1.54) is 0 Å². The van der Waals surface area contributed by atoms with Gasteiger partial charge in [0.25, 0.3) is 0 Å². The summed E-state index contributed by atoms with van der Waals surface area (Å²) in [5, 5.41) is 6.65. The number of alkyl halides is 1. The molecule has 3 unspecified atom stereocenters. The van der Waals surface area contributed by atoms with Crippen LogP contribution in [-0.4, -0.2) is 40.8 Å². The summed E-state index contributed by atoms with van der Waals surface area (Å²) in [6, 6.07) is 0. The van der Waals surface area contributed by atoms with Crippen LogP contribution in [0.4, 0.5) is 4.39 Å². The van der Waals surface area contributed by atoms with Gasteiger partial charge in [-0.15, -0.1) is 0 Å². The fraction of sp³-hybridized carbons (Fsp3) is 0.923. The van der Waals surface area contributed by atoms with Crippen molar-refractivity contribution in [1.29, 1.82) is 0 Å². The summed E-state index contributed by atoms with van der Waals surface area (Å²) in [6.07, 6.45) is 2.72. The van der Waals surface area contributed by atoms with Crippen LogP contribution in [0.15, 0.2) is 0 Å². The maximum absolute atomic E-state index is 14.0. The number of ether oxygens (including phenoxy) is 1. The lowest BCUT2D eigenvalue weighted by Crippen LogP contribution is -2.59. The number of carbonyl (C=O) groups is 1. The average molecular weight is 322 g/mol. The Morgan fingerprint density at radius 3 is 2.29 bits per heavy atom. The second kappa shape index (κ2) is 4.39. The van der Waals surface area contributed by atoms with E-state index in [1.54, 1.807) is 0 Å². The van der Waals surface area contributed by atoms with E-state index < -0.39 is 32.8 Å². The van der Waals surface area contributed by atoms with Gasteiger partial charge in [-0.1, -0.05) is 0 Å². The lowest BCUT2D eigenvalue weighted by Gasteiger charge is -2.57. The Bertz CT molecular complexity index is 555. The molecule has 0 saturated heterocycles. The molecular formula is C13H19FO6S. The van der Waals surface area contributed by atoms with E-state index in [9.17, 15) is 22.7 Å². The molecule has 0 amide bonds. The first-order valence-electron chi connectivity index (χ1n) is 7.11. The predicted octanol–water partition coefficient (Wildman–Crippen LogP) is 1.04. The van der Waals surface area contributed by atoms with Crippen molar-refractivity contribution in [3.8, 4) is 0 Å². The van der Waals surface area contributed by atoms with E-state index in [1.807, 2.05) is 0 Å². The molecule has 21 heavy (non-hydrogen) atoms. The van der Waals surface area contributed by atoms with Gasteiger partial charge in [-0.3, -0.25) is 4.55 Å². The smallest absolute Gasteiger partial charge is 0.362 e. The zero-order chi connectivity index (χ0) is 15.6. The minimum absolute atomic E-state index is 0.0145. The van der Waals surface area contributed by atoms with Gasteiger partial charge >= 0.3 is 21.1 Å². The van der Waals surface area contributed by atoms with Crippen molar-refractivity contribution >= 4 is 16.1 Å². The van der Waals surface area contributed by atoms with E-state index in [4.69, 9.17) is 9.29 Å². The van der Waals surface area contributed by atoms with Crippen LogP contribution in [0.3, 0.4) is 0 Å². The van der Waals surface area contributed by atoms with Crippen molar-refractivity contribution in [3.05, 3.63) is 0 Å². The van der Waals surface area contributed by atoms with Gasteiger partial charge < -0.3 is 9.84 Å². The third-order valence-corrected chi connectivity index (χ3v) is 6.46. The molecule has 4 aliphatic carbocycles. The highest BCUT2D eigenvalue weighted by molar-refractivity contribution is 7.87. The van der Waals surface area contributed by atoms with Crippen LogP contribution in [0.2, 0.25) is 0 Å². The van der Waals surface area contributed by atoms with E-state index in [2.05, 4.69) is 0 Å². The second-order valence-electron chi connectivity index (χ2n) is 6.92. The maximum atomic E-state index is 14.0. The quantitative estimate of drug-likeness (QED) is 0.595. The van der Waals surface area contributed by atoms with Crippen molar-refractivity contribution in [2.75, 3.05) is 0 Å². The molecule has 4 saturated carbocycles. The minimum atomic E-state index is -5.19. The van der Waals surface area contributed by atoms with Crippen molar-refractivity contribution in [3.63, 3.8) is 0 Å². The number of aliphatic hydroxyl groups excluding tert-OH is 1. The van der Waals surface area contributed by atoms with E-state index in [-0.39, 0.29) is 11.8 Å². The Labute approximate surface area is 122 Å². The molecule has 0 aromatic carbocycles. The number of hydrogen-bond acceptors (Lipinski definition) is 5. The van der Waals surface area contributed by atoms with Gasteiger partial charge in [0.1, 0.15) is 5.60 Å². The molecule has 0 aromatic rings. The molecule has 0 aliphatic heterocycles. The molecular weight excluding hydrogens is 303 g/mol.